The third-order valence-corrected chi connectivity index (χ3v) is 10.8. The van der Waals surface area contributed by atoms with Gasteiger partial charge in [0.2, 0.25) is 12.0 Å². The summed E-state index contributed by atoms with van der Waals surface area (Å²) in [5, 5.41) is 27.4. The average molecular weight is 951 g/mol. The van der Waals surface area contributed by atoms with Crippen LogP contribution in [-0.2, 0) is 50.1 Å². The first-order chi connectivity index (χ1) is 30.6. The van der Waals surface area contributed by atoms with E-state index in [1.807, 2.05) is 6.92 Å². The molecule has 0 spiro atoms. The van der Waals surface area contributed by atoms with Gasteiger partial charge in [0.1, 0.15) is 29.6 Å². The number of ether oxygens (including phenoxy) is 3. The molecule has 5 aromatic carbocycles. The SMILES string of the molecule is CC(=O)CCC(=O)Oc1ccc(COc2c(N=Nc3ccc(OC(C(=O)Nc4cc(C)ccc4Cl)C(=O)C(C)(C)C)cc3)c(SOOO)cc3cc(S(=O)(=O)O)cc(NC(C)=O)c23)cc1. The zero-order valence-electron chi connectivity index (χ0n) is 35.7. The number of ketones is 2. The highest BCUT2D eigenvalue weighted by atomic mass is 35.5. The molecule has 2 amide bonds. The highest BCUT2D eigenvalue weighted by Crippen LogP contribution is 2.48. The molecule has 1 unspecified atom stereocenters. The fourth-order valence-corrected chi connectivity index (χ4v) is 7.09. The minimum atomic E-state index is -4.82. The molecule has 0 fully saturated rings. The number of aryl methyl sites for hydroxylation is 1. The van der Waals surface area contributed by atoms with Crippen molar-refractivity contribution in [3.05, 3.63) is 101 Å². The Morgan fingerprint density at radius 2 is 1.52 bits per heavy atom. The molecule has 4 N–H and O–H groups in total. The molecule has 0 bridgehead atoms. The third-order valence-electron chi connectivity index (χ3n) is 9.04. The molecule has 18 nitrogen and oxygen atoms in total. The minimum absolute atomic E-state index is 0.0302. The lowest BCUT2D eigenvalue weighted by Crippen LogP contribution is -2.45. The van der Waals surface area contributed by atoms with Crippen molar-refractivity contribution in [1.82, 2.24) is 0 Å². The highest BCUT2D eigenvalue weighted by Gasteiger charge is 2.37. The molecule has 0 aliphatic rings. The quantitative estimate of drug-likeness (QED) is 0.00878. The van der Waals surface area contributed by atoms with Crippen LogP contribution in [-0.4, -0.2) is 53.7 Å². The smallest absolute Gasteiger partial charge is 0.311 e. The summed E-state index contributed by atoms with van der Waals surface area (Å²) in [6, 6.07) is 20.6. The minimum Gasteiger partial charge on any atom is -0.486 e. The van der Waals surface area contributed by atoms with Gasteiger partial charge in [0.05, 0.1) is 50.3 Å². The molecule has 0 saturated heterocycles. The molecule has 0 saturated carbocycles. The van der Waals surface area contributed by atoms with E-state index in [0.717, 1.165) is 17.7 Å². The number of hydrogen-bond acceptors (Lipinski definition) is 16. The summed E-state index contributed by atoms with van der Waals surface area (Å²) in [5.74, 6) is -2.38. The Hall–Kier alpha value is -6.26. The number of hydrogen-bond donors (Lipinski definition) is 4. The van der Waals surface area contributed by atoms with Crippen molar-refractivity contribution in [3.8, 4) is 17.2 Å². The number of anilines is 2. The molecular weight excluding hydrogens is 908 g/mol. The number of halogens is 1. The molecule has 5 rings (SSSR count). The van der Waals surface area contributed by atoms with Crippen LogP contribution in [0.25, 0.3) is 10.8 Å². The van der Waals surface area contributed by atoms with E-state index in [0.29, 0.717) is 23.3 Å². The van der Waals surface area contributed by atoms with Gasteiger partial charge in [-0.25, -0.2) is 5.26 Å². The molecular formula is C44H43ClN4O14S2. The van der Waals surface area contributed by atoms with Crippen molar-refractivity contribution in [3.63, 3.8) is 0 Å². The van der Waals surface area contributed by atoms with Crippen LogP contribution in [0.2, 0.25) is 5.02 Å². The molecule has 0 aromatic heterocycles. The maximum atomic E-state index is 13.5. The largest absolute Gasteiger partial charge is 0.486 e. The number of rotatable bonds is 19. The first-order valence-electron chi connectivity index (χ1n) is 19.4. The predicted octanol–water partition coefficient (Wildman–Crippen LogP) is 9.71. The number of benzene rings is 5. The Morgan fingerprint density at radius 1 is 0.846 bits per heavy atom. The maximum absolute atomic E-state index is 13.5. The van der Waals surface area contributed by atoms with Crippen LogP contribution >= 0.6 is 23.6 Å². The van der Waals surface area contributed by atoms with E-state index in [2.05, 4.69) is 25.9 Å². The topological polar surface area (TPSA) is 255 Å². The lowest BCUT2D eigenvalue weighted by molar-refractivity contribution is -0.432. The molecule has 21 heteroatoms. The number of esters is 1. The second-order valence-electron chi connectivity index (χ2n) is 15.4. The van der Waals surface area contributed by atoms with E-state index in [1.54, 1.807) is 51.1 Å². The molecule has 5 aromatic rings. The van der Waals surface area contributed by atoms with Crippen LogP contribution in [0.3, 0.4) is 0 Å². The zero-order valence-corrected chi connectivity index (χ0v) is 38.1. The Bertz CT molecular complexity index is 2760. The number of carbonyl (C=O) groups is 5. The summed E-state index contributed by atoms with van der Waals surface area (Å²) in [6.07, 6.45) is -1.64. The number of carbonyl (C=O) groups excluding carboxylic acids is 5. The Kier molecular flexibility index (Phi) is 16.5. The van der Waals surface area contributed by atoms with E-state index in [4.69, 9.17) is 35.4 Å². The van der Waals surface area contributed by atoms with Crippen molar-refractivity contribution < 1.29 is 65.8 Å². The van der Waals surface area contributed by atoms with Crippen LogP contribution in [0, 0.1) is 12.3 Å². The Labute approximate surface area is 382 Å². The molecule has 1 atom stereocenters. The fourth-order valence-electron chi connectivity index (χ4n) is 5.89. The van der Waals surface area contributed by atoms with Crippen molar-refractivity contribution in [2.24, 2.45) is 15.6 Å². The molecule has 0 heterocycles. The van der Waals surface area contributed by atoms with Crippen molar-refractivity contribution in [1.29, 1.82) is 0 Å². The monoisotopic (exact) mass is 950 g/mol. The number of amides is 2. The normalized spacial score (nSPS) is 12.1. The summed E-state index contributed by atoms with van der Waals surface area (Å²) >= 11 is 6.73. The van der Waals surface area contributed by atoms with Gasteiger partial charge in [0.25, 0.3) is 16.0 Å². The van der Waals surface area contributed by atoms with Gasteiger partial charge < -0.3 is 29.6 Å². The lowest BCUT2D eigenvalue weighted by Gasteiger charge is -2.25. The van der Waals surface area contributed by atoms with Crippen LogP contribution in [0.15, 0.2) is 105 Å². The highest BCUT2D eigenvalue weighted by molar-refractivity contribution is 7.94. The van der Waals surface area contributed by atoms with Gasteiger partial charge in [-0.2, -0.15) is 13.5 Å². The summed E-state index contributed by atoms with van der Waals surface area (Å²) in [5.41, 5.74) is 0.710. The van der Waals surface area contributed by atoms with Gasteiger partial charge in [-0.05, 0) is 97.1 Å². The molecule has 0 aliphatic heterocycles. The van der Waals surface area contributed by atoms with E-state index in [9.17, 15) is 36.9 Å². The van der Waals surface area contributed by atoms with Crippen LogP contribution in [0.1, 0.15) is 58.6 Å². The lowest BCUT2D eigenvalue weighted by atomic mass is 9.87. The van der Waals surface area contributed by atoms with Crippen molar-refractivity contribution >= 4 is 96.6 Å². The molecule has 65 heavy (non-hydrogen) atoms. The number of azo groups is 1. The van der Waals surface area contributed by atoms with E-state index < -0.39 is 50.1 Å². The standard InChI is InChI=1S/C44H43ClN4O14S2/c1-24-7-17-33(45)34(19-24)47-43(54)41(42(53)44(4,5)6)61-31-15-11-29(12-16-31)48-49-39-36(64-63-62-55)21-28-20-32(65(56,57)58)22-35(46-26(3)51)38(28)40(39)59-23-27-9-13-30(14-10-27)60-37(52)18-8-25(2)50/h7,9-17,19-22,41,55H,8,18,23H2,1-6H3,(H,46,51)(H,47,54)(H,56,57,58). The summed E-state index contributed by atoms with van der Waals surface area (Å²) in [4.78, 5) is 62.4. The van der Waals surface area contributed by atoms with Gasteiger partial charge in [-0.3, -0.25) is 23.7 Å². The zero-order chi connectivity index (χ0) is 47.6. The number of nitrogens with one attached hydrogen (secondary N) is 2. The first kappa shape index (κ1) is 49.8. The van der Waals surface area contributed by atoms with Crippen LogP contribution in [0.4, 0.5) is 22.7 Å². The van der Waals surface area contributed by atoms with Crippen molar-refractivity contribution in [2.75, 3.05) is 10.6 Å². The summed E-state index contributed by atoms with van der Waals surface area (Å²) in [7, 11) is -4.82. The number of nitrogens with zero attached hydrogens (tertiary/aromatic N) is 2. The second kappa shape index (κ2) is 21.6. The van der Waals surface area contributed by atoms with Gasteiger partial charge in [-0.15, -0.1) is 9.45 Å². The van der Waals surface area contributed by atoms with E-state index >= 15 is 0 Å². The average Bonchev–Trinajstić information content (AvgIpc) is 3.23. The third kappa shape index (κ3) is 13.9. The van der Waals surface area contributed by atoms with Gasteiger partial charge in [0, 0.05) is 24.1 Å². The second-order valence-corrected chi connectivity index (χ2v) is 18.0. The van der Waals surface area contributed by atoms with Crippen LogP contribution in [0.5, 0.6) is 17.2 Å². The number of fused-ring (bicyclic) bond motifs is 1. The van der Waals surface area contributed by atoms with Gasteiger partial charge in [0.15, 0.2) is 11.5 Å². The van der Waals surface area contributed by atoms with Crippen LogP contribution < -0.4 is 24.8 Å². The first-order valence-corrected chi connectivity index (χ1v) is 21.9. The molecule has 0 radical (unpaired) electrons. The Morgan fingerprint density at radius 3 is 2.14 bits per heavy atom. The molecule has 342 valence electrons. The van der Waals surface area contributed by atoms with Gasteiger partial charge in [-0.1, -0.05) is 55.6 Å². The summed E-state index contributed by atoms with van der Waals surface area (Å²) < 4.78 is 57.0. The Balaban J connectivity index is 1.54. The van der Waals surface area contributed by atoms with Crippen molar-refractivity contribution in [2.45, 2.75) is 76.9 Å². The summed E-state index contributed by atoms with van der Waals surface area (Å²) in [6.45, 7) is 9.12. The number of Topliss-reactive ketones (excluding diaryl/α,β-unsaturated/α-hetero) is 2. The predicted molar refractivity (Wildman–Crippen MR) is 239 cm³/mol. The fraction of sp³-hybridized carbons (Fsp3) is 0.250. The van der Waals surface area contributed by atoms with E-state index in [1.165, 1.54) is 56.3 Å². The molecule has 0 aliphatic carbocycles. The van der Waals surface area contributed by atoms with Gasteiger partial charge >= 0.3 is 5.97 Å². The maximum Gasteiger partial charge on any atom is 0.311 e. The van der Waals surface area contributed by atoms with E-state index in [-0.39, 0.29) is 80.2 Å².